The van der Waals surface area contributed by atoms with Gasteiger partial charge in [-0.05, 0) is 35.7 Å². The van der Waals surface area contributed by atoms with Crippen molar-refractivity contribution in [2.45, 2.75) is 6.92 Å². The minimum atomic E-state index is 0. The number of aromatic nitrogens is 4. The summed E-state index contributed by atoms with van der Waals surface area (Å²) < 4.78 is 4.66. The third kappa shape index (κ3) is 3.50. The maximum absolute atomic E-state index is 10.1. The van der Waals surface area contributed by atoms with Crippen molar-refractivity contribution in [3.8, 4) is 28.4 Å². The van der Waals surface area contributed by atoms with Crippen LogP contribution in [0, 0.1) is 19.3 Å². The molecule has 0 atom stereocenters. The van der Waals surface area contributed by atoms with E-state index in [4.69, 9.17) is 0 Å². The van der Waals surface area contributed by atoms with Crippen molar-refractivity contribution in [2.24, 2.45) is 0 Å². The van der Waals surface area contributed by atoms with Gasteiger partial charge in [-0.25, -0.2) is 4.98 Å². The van der Waals surface area contributed by atoms with Gasteiger partial charge in [0.05, 0.1) is 5.52 Å². The first-order chi connectivity index (χ1) is 13.7. The zero-order valence-electron chi connectivity index (χ0n) is 15.3. The number of imidazole rings is 1. The van der Waals surface area contributed by atoms with E-state index in [1.54, 1.807) is 34.4 Å². The largest absolute Gasteiger partial charge is 2.00 e. The maximum atomic E-state index is 10.1. The summed E-state index contributed by atoms with van der Waals surface area (Å²) in [5.41, 5.74) is 5.44. The van der Waals surface area contributed by atoms with Crippen molar-refractivity contribution >= 4 is 21.6 Å². The fourth-order valence-corrected chi connectivity index (χ4v) is 4.15. The summed E-state index contributed by atoms with van der Waals surface area (Å²) in [5, 5.41) is 12.2. The summed E-state index contributed by atoms with van der Waals surface area (Å²) in [5.74, 6) is 0.204. The molecule has 0 amide bonds. The number of para-hydroxylation sites is 2. The molecule has 0 spiro atoms. The fourth-order valence-electron chi connectivity index (χ4n) is 3.15. The van der Waals surface area contributed by atoms with Gasteiger partial charge in [0.1, 0.15) is 17.8 Å². The van der Waals surface area contributed by atoms with Crippen LogP contribution in [0.4, 0.5) is 0 Å². The molecule has 144 valence electrons. The molecule has 0 radical (unpaired) electrons. The standard InChI is InChI=1S/C22H15N4OS.Pt/c1-15-12-28-22-20(15)23-13-24-21(22)16-5-4-6-17(11-16)25-9-10-26(14-25)18-7-2-3-8-19(18)27;/h2-10,12-13,27H,1H3;/q-1;+2. The Bertz CT molecular complexity index is 1310. The molecule has 0 saturated heterocycles. The number of hydrogen-bond donors (Lipinski definition) is 1. The number of nitrogens with zero attached hydrogens (tertiary/aromatic N) is 4. The summed E-state index contributed by atoms with van der Waals surface area (Å²) in [6.07, 6.45) is 8.55. The molecule has 0 saturated carbocycles. The normalized spacial score (nSPS) is 10.8. The number of hydrogen-bond acceptors (Lipinski definition) is 4. The number of phenolic OH excluding ortho intramolecular Hbond substituents is 1. The molecule has 0 aliphatic carbocycles. The Labute approximate surface area is 186 Å². The topological polar surface area (TPSA) is 54.8 Å². The minimum Gasteiger partial charge on any atom is -0.511 e. The third-order valence-corrected chi connectivity index (χ3v) is 5.64. The van der Waals surface area contributed by atoms with Gasteiger partial charge in [0.25, 0.3) is 6.33 Å². The van der Waals surface area contributed by atoms with E-state index < -0.39 is 0 Å². The zero-order chi connectivity index (χ0) is 19.1. The van der Waals surface area contributed by atoms with Gasteiger partial charge in [-0.2, -0.15) is 0 Å². The van der Waals surface area contributed by atoms with Crippen LogP contribution in [0.2, 0.25) is 0 Å². The average Bonchev–Trinajstić information content (AvgIpc) is 3.36. The Morgan fingerprint density at radius 2 is 1.97 bits per heavy atom. The predicted octanol–water partition coefficient (Wildman–Crippen LogP) is 4.04. The van der Waals surface area contributed by atoms with E-state index in [0.29, 0.717) is 5.69 Å². The molecule has 1 N–H and O–H groups in total. The monoisotopic (exact) mass is 578 g/mol. The van der Waals surface area contributed by atoms with Crippen LogP contribution in [0.5, 0.6) is 5.75 Å². The second-order valence-corrected chi connectivity index (χ2v) is 7.27. The number of fused-ring (bicyclic) bond motifs is 1. The molecule has 7 heteroatoms. The van der Waals surface area contributed by atoms with Crippen LogP contribution in [0.15, 0.2) is 66.6 Å². The molecule has 0 unspecified atom stereocenters. The molecule has 0 bridgehead atoms. The van der Waals surface area contributed by atoms with E-state index in [-0.39, 0.29) is 26.8 Å². The summed E-state index contributed by atoms with van der Waals surface area (Å²) in [6.45, 7) is 2.06. The molecule has 3 heterocycles. The van der Waals surface area contributed by atoms with Crippen molar-refractivity contribution in [2.75, 3.05) is 0 Å². The van der Waals surface area contributed by atoms with Crippen LogP contribution < -0.4 is 4.57 Å². The molecule has 5 rings (SSSR count). The van der Waals surface area contributed by atoms with Crippen molar-refractivity contribution in [1.82, 2.24) is 14.5 Å². The number of aromatic hydroxyl groups is 1. The van der Waals surface area contributed by atoms with Gasteiger partial charge in [0.2, 0.25) is 0 Å². The SMILES string of the molecule is Cc1csc2c(-c3[c-]c(-[n+]4[c-]n(-c5ccccc5O)cc4)ccc3)ncnc12.[Pt+2]. The first-order valence-electron chi connectivity index (χ1n) is 8.73. The quantitative estimate of drug-likeness (QED) is 0.260. The first-order valence-corrected chi connectivity index (χ1v) is 9.61. The van der Waals surface area contributed by atoms with Crippen molar-refractivity contribution in [3.63, 3.8) is 0 Å². The van der Waals surface area contributed by atoms with Crippen LogP contribution in [0.1, 0.15) is 5.56 Å². The van der Waals surface area contributed by atoms with Crippen LogP contribution in [0.3, 0.4) is 0 Å². The minimum absolute atomic E-state index is 0. The smallest absolute Gasteiger partial charge is 0.511 e. The Morgan fingerprint density at radius 1 is 1.10 bits per heavy atom. The zero-order valence-corrected chi connectivity index (χ0v) is 18.4. The van der Waals surface area contributed by atoms with Crippen LogP contribution in [0.25, 0.3) is 32.8 Å². The van der Waals surface area contributed by atoms with Gasteiger partial charge in [-0.3, -0.25) is 9.55 Å². The molecule has 2 aromatic carbocycles. The number of rotatable bonds is 3. The van der Waals surface area contributed by atoms with Gasteiger partial charge in [-0.1, -0.05) is 12.1 Å². The summed E-state index contributed by atoms with van der Waals surface area (Å²) in [6, 6.07) is 16.5. The Hall–Kier alpha value is -2.82. The number of thiophene rings is 1. The number of phenols is 1. The van der Waals surface area contributed by atoms with Crippen LogP contribution in [-0.4, -0.2) is 19.6 Å². The molecule has 3 aromatic heterocycles. The second kappa shape index (κ2) is 7.89. The van der Waals surface area contributed by atoms with Gasteiger partial charge in [0.15, 0.2) is 0 Å². The molecular formula is C22H15N4OPtS+. The first kappa shape index (κ1) is 19.5. The van der Waals surface area contributed by atoms with Crippen LogP contribution in [-0.2, 0) is 21.1 Å². The van der Waals surface area contributed by atoms with Gasteiger partial charge >= 0.3 is 21.1 Å². The van der Waals surface area contributed by atoms with Gasteiger partial charge in [-0.15, -0.1) is 41.2 Å². The number of benzene rings is 2. The van der Waals surface area contributed by atoms with Crippen LogP contribution >= 0.6 is 11.3 Å². The Balaban J connectivity index is 0.00000205. The summed E-state index contributed by atoms with van der Waals surface area (Å²) >= 11 is 1.65. The summed E-state index contributed by atoms with van der Waals surface area (Å²) in [4.78, 5) is 8.90. The Morgan fingerprint density at radius 3 is 2.83 bits per heavy atom. The van der Waals surface area contributed by atoms with E-state index in [1.807, 2.05) is 47.3 Å². The molecular weight excluding hydrogens is 563 g/mol. The van der Waals surface area contributed by atoms with Crippen molar-refractivity contribution in [3.05, 3.63) is 84.5 Å². The summed E-state index contributed by atoms with van der Waals surface area (Å²) in [7, 11) is 0. The Kier molecular flexibility index (Phi) is 5.31. The fraction of sp³-hybridized carbons (Fsp3) is 0.0455. The molecule has 0 fully saturated rings. The molecule has 29 heavy (non-hydrogen) atoms. The van der Waals surface area contributed by atoms with Gasteiger partial charge in [0, 0.05) is 22.8 Å². The number of aryl methyl sites for hydroxylation is 1. The third-order valence-electron chi connectivity index (χ3n) is 4.55. The van der Waals surface area contributed by atoms with Crippen molar-refractivity contribution in [1.29, 1.82) is 0 Å². The van der Waals surface area contributed by atoms with E-state index in [2.05, 4.69) is 34.7 Å². The maximum Gasteiger partial charge on any atom is 2.00 e. The van der Waals surface area contributed by atoms with E-state index in [0.717, 1.165) is 32.7 Å². The average molecular weight is 579 g/mol. The van der Waals surface area contributed by atoms with Gasteiger partial charge < -0.3 is 9.67 Å². The molecule has 5 nitrogen and oxygen atoms in total. The van der Waals surface area contributed by atoms with E-state index in [9.17, 15) is 5.11 Å². The molecule has 0 aliphatic heterocycles. The second-order valence-electron chi connectivity index (χ2n) is 6.40. The molecule has 0 aliphatic rings. The van der Waals surface area contributed by atoms with Crippen molar-refractivity contribution < 1.29 is 30.7 Å². The van der Waals surface area contributed by atoms with E-state index in [1.165, 1.54) is 0 Å². The van der Waals surface area contributed by atoms with E-state index >= 15 is 0 Å². The molecule has 5 aromatic rings. The predicted molar refractivity (Wildman–Crippen MR) is 108 cm³/mol.